The maximum Gasteiger partial charge on any atom is 0.225 e. The van der Waals surface area contributed by atoms with Gasteiger partial charge in [-0.15, -0.1) is 11.3 Å². The van der Waals surface area contributed by atoms with Crippen LogP contribution >= 0.6 is 22.9 Å². The molecule has 0 amide bonds. The molecule has 0 spiro atoms. The number of piperazine rings is 1. The molecule has 27 heteroatoms. The van der Waals surface area contributed by atoms with Gasteiger partial charge >= 0.3 is 0 Å². The monoisotopic (exact) mass is 1600 g/mol. The van der Waals surface area contributed by atoms with Crippen molar-refractivity contribution in [1.82, 2.24) is 110 Å². The molecule has 14 aromatic heterocycles. The summed E-state index contributed by atoms with van der Waals surface area (Å²) in [6, 6.07) is 27.5. The summed E-state index contributed by atoms with van der Waals surface area (Å²) in [5.74, 6) is 3.03. The first-order valence-electron chi connectivity index (χ1n) is 41.2. The van der Waals surface area contributed by atoms with Gasteiger partial charge in [0, 0.05) is 172 Å². The van der Waals surface area contributed by atoms with Gasteiger partial charge in [0.25, 0.3) is 0 Å². The van der Waals surface area contributed by atoms with E-state index < -0.39 is 0 Å². The summed E-state index contributed by atoms with van der Waals surface area (Å²) in [7, 11) is 1.84. The molecule has 24 rings (SSSR count). The third-order valence-electron chi connectivity index (χ3n) is 24.3. The summed E-state index contributed by atoms with van der Waals surface area (Å²) >= 11 is 8.18. The Morgan fingerprint density at radius 1 is 0.432 bits per heavy atom. The lowest BCUT2D eigenvalue weighted by molar-refractivity contribution is 0.248. The fourth-order valence-corrected chi connectivity index (χ4v) is 19.2. The van der Waals surface area contributed by atoms with E-state index in [1.54, 1.807) is 0 Å². The first kappa shape index (κ1) is 74.2. The molecule has 590 valence electrons. The average molecular weight is 1600 g/mol. The number of aromatic nitrogens is 21. The highest BCUT2D eigenvalue weighted by molar-refractivity contribution is 7.10. The minimum Gasteiger partial charge on any atom is -0.357 e. The van der Waals surface area contributed by atoms with Crippen LogP contribution in [0.1, 0.15) is 117 Å². The van der Waals surface area contributed by atoms with Crippen LogP contribution in [-0.2, 0) is 77.3 Å². The maximum atomic E-state index is 6.33. The standard InChI is InChI=1S/C23H22ClN7.C21H20N6.C20H24N6.C15H13N3.C12H9N3S/c24-19-4-2-1-3-16(19)14-30-7-9-31(10-8-30)23-26-12-17-20(28-23)6-5-15-11-25-22-18(21(15)17)13-27-29-22;1-13-3-5-14(6-4-13)12-27-20-17(11-25-27)19-15(9-23-20)7-8-18-16(19)10-24-21(22-2)26-18;1-2-4-6-13(5-3-1)9-22-20-23-11-15-17(25-20)8-7-14-10-21-19-16(18(14)15)12-24-26-19;1-2-7-12-10(4-1)5-3-6-11-8-16-15-13(14(11)12)9-17-18-15;1-2-10-8(3-4-16-10)11-7(1)5-13-12-9(11)6-14-15-12/h1-4,11-13H,5-10,14H2,(H,25,27,29);3-6,9-11H,7-8,12H2,1-2H3,(H,22,24,26);10-13H,1-9H2,(H,21,24,26)(H,22,23,25);1-2,4,7-9H,3,5-6H2,(H,16,17,18);3-6H,1-2H2,(H,13,14,15). The van der Waals surface area contributed by atoms with Crippen LogP contribution < -0.4 is 15.5 Å². The summed E-state index contributed by atoms with van der Waals surface area (Å²) in [5.41, 5.74) is 31.4. The largest absolute Gasteiger partial charge is 0.357 e. The Morgan fingerprint density at radius 2 is 0.949 bits per heavy atom. The number of fused-ring (bicyclic) bond motifs is 25. The molecule has 118 heavy (non-hydrogen) atoms. The highest BCUT2D eigenvalue weighted by Gasteiger charge is 2.30. The Hall–Kier alpha value is -12.7. The van der Waals surface area contributed by atoms with Gasteiger partial charge in [0.15, 0.2) is 28.2 Å². The van der Waals surface area contributed by atoms with Crippen molar-refractivity contribution in [2.45, 2.75) is 129 Å². The number of benzene rings is 3. The lowest BCUT2D eigenvalue weighted by Crippen LogP contribution is -2.46. The van der Waals surface area contributed by atoms with Crippen LogP contribution in [0.5, 0.6) is 0 Å². The SMILES string of the molecule is CNc1ncc2c(n1)CCc1cnc3c(cnn3Cc3ccc(C)cc3)c1-2.Clc1ccccc1CN1CCN(c2ncc3c(n2)CCc2cnc4[nH]ncc4c2-3)CC1.c1cc2c(s1)CCc1cnc3[nH]ncc3c1-2.c1ccc2c(c1)CCCc1cnc3[nH]ncc3c1-2.c1nc2[nH]ncc2c2c1CCc1nc(NCC3CCCCCC3)ncc1-2. The van der Waals surface area contributed by atoms with Crippen molar-refractivity contribution in [2.24, 2.45) is 5.92 Å². The number of hydrogen-bond donors (Lipinski definition) is 6. The van der Waals surface area contributed by atoms with Crippen LogP contribution in [-0.4, -0.2) is 150 Å². The minimum atomic E-state index is 0.664. The molecule has 7 aliphatic rings. The van der Waals surface area contributed by atoms with Crippen molar-refractivity contribution in [2.75, 3.05) is 55.3 Å². The fraction of sp³-hybridized carbons (Fsp3) is 0.297. The number of hydrogen-bond acceptors (Lipinski definition) is 21. The number of nitrogens with one attached hydrogen (secondary N) is 6. The number of anilines is 3. The lowest BCUT2D eigenvalue weighted by Gasteiger charge is -2.35. The van der Waals surface area contributed by atoms with E-state index in [2.05, 4.69) is 174 Å². The Balaban J connectivity index is 0.0000000963. The molecule has 3 aromatic carbocycles. The molecule has 0 radical (unpaired) electrons. The Morgan fingerprint density at radius 3 is 1.57 bits per heavy atom. The molecular formula is C91H88ClN25S. The fourth-order valence-electron chi connectivity index (χ4n) is 18.1. The van der Waals surface area contributed by atoms with E-state index in [-0.39, 0.29) is 0 Å². The molecule has 2 fully saturated rings. The first-order valence-corrected chi connectivity index (χ1v) is 42.5. The van der Waals surface area contributed by atoms with E-state index in [9.17, 15) is 0 Å². The van der Waals surface area contributed by atoms with Crippen molar-refractivity contribution in [1.29, 1.82) is 0 Å². The van der Waals surface area contributed by atoms with Crippen LogP contribution in [0, 0.1) is 12.8 Å². The normalized spacial score (nSPS) is 15.1. The predicted octanol–water partition coefficient (Wildman–Crippen LogP) is 16.7. The van der Waals surface area contributed by atoms with E-state index in [1.807, 2.05) is 122 Å². The van der Waals surface area contributed by atoms with Gasteiger partial charge in [0.05, 0.1) is 54.6 Å². The number of pyridine rings is 5. The summed E-state index contributed by atoms with van der Waals surface area (Å²) < 4.78 is 1.97. The van der Waals surface area contributed by atoms with Crippen molar-refractivity contribution in [3.63, 3.8) is 0 Å². The van der Waals surface area contributed by atoms with E-state index in [4.69, 9.17) is 31.5 Å². The van der Waals surface area contributed by atoms with Gasteiger partial charge < -0.3 is 15.5 Å². The minimum absolute atomic E-state index is 0.664. The Bertz CT molecular complexity index is 6540. The molecule has 6 N–H and O–H groups in total. The molecule has 0 atom stereocenters. The van der Waals surface area contributed by atoms with Gasteiger partial charge in [-0.25, -0.2) is 59.5 Å². The summed E-state index contributed by atoms with van der Waals surface area (Å²) in [4.78, 5) is 57.0. The topological polar surface area (TPSA) is 305 Å². The second kappa shape index (κ2) is 32.8. The molecule has 17 aromatic rings. The molecule has 1 saturated carbocycles. The van der Waals surface area contributed by atoms with E-state index >= 15 is 0 Å². The van der Waals surface area contributed by atoms with Gasteiger partial charge in [-0.2, -0.15) is 25.5 Å². The highest BCUT2D eigenvalue weighted by Crippen LogP contribution is 2.44. The maximum absolute atomic E-state index is 6.33. The van der Waals surface area contributed by atoms with Crippen LogP contribution in [0.25, 0.3) is 111 Å². The number of halogens is 1. The molecule has 0 bridgehead atoms. The van der Waals surface area contributed by atoms with Crippen LogP contribution in [0.3, 0.4) is 0 Å². The van der Waals surface area contributed by atoms with E-state index in [0.29, 0.717) is 12.5 Å². The lowest BCUT2D eigenvalue weighted by atomic mass is 9.89. The van der Waals surface area contributed by atoms with E-state index in [0.717, 1.165) is 215 Å². The first-order chi connectivity index (χ1) is 58.2. The number of H-pyrrole nitrogens is 4. The number of aryl methyl sites for hydroxylation is 11. The molecule has 0 unspecified atom stereocenters. The Labute approximate surface area is 689 Å². The second-order valence-corrected chi connectivity index (χ2v) is 33.0. The van der Waals surface area contributed by atoms with Crippen molar-refractivity contribution >= 4 is 95.9 Å². The number of aromatic amines is 4. The smallest absolute Gasteiger partial charge is 0.225 e. The molecule has 1 saturated heterocycles. The van der Waals surface area contributed by atoms with Gasteiger partial charge in [-0.05, 0) is 175 Å². The van der Waals surface area contributed by atoms with Crippen molar-refractivity contribution in [3.05, 3.63) is 242 Å². The summed E-state index contributed by atoms with van der Waals surface area (Å²) in [6.07, 6.45) is 44.6. The predicted molar refractivity (Wildman–Crippen MR) is 465 cm³/mol. The van der Waals surface area contributed by atoms with Gasteiger partial charge in [0.2, 0.25) is 17.8 Å². The zero-order valence-electron chi connectivity index (χ0n) is 65.9. The second-order valence-electron chi connectivity index (χ2n) is 31.6. The van der Waals surface area contributed by atoms with Crippen LogP contribution in [0.15, 0.2) is 165 Å². The third kappa shape index (κ3) is 14.8. The van der Waals surface area contributed by atoms with Crippen LogP contribution in [0.4, 0.5) is 17.8 Å². The number of nitrogens with zero attached hydrogens (tertiary/aromatic N) is 19. The molecular weight excluding hydrogens is 1510 g/mol. The zero-order valence-corrected chi connectivity index (χ0v) is 67.5. The van der Waals surface area contributed by atoms with Gasteiger partial charge in [-0.1, -0.05) is 110 Å². The number of rotatable bonds is 9. The quantitative estimate of drug-likeness (QED) is 0.0732. The van der Waals surface area contributed by atoms with Crippen molar-refractivity contribution < 1.29 is 0 Å². The third-order valence-corrected chi connectivity index (χ3v) is 25.6. The van der Waals surface area contributed by atoms with E-state index in [1.165, 1.54) is 139 Å². The molecule has 15 heterocycles. The molecule has 1 aliphatic heterocycles. The highest BCUT2D eigenvalue weighted by atomic mass is 35.5. The van der Waals surface area contributed by atoms with Gasteiger partial charge in [0.1, 0.15) is 0 Å². The Kier molecular flexibility index (Phi) is 20.6. The number of thiophene rings is 1. The molecule has 6 aliphatic carbocycles. The summed E-state index contributed by atoms with van der Waals surface area (Å²) in [6.45, 7) is 8.43. The van der Waals surface area contributed by atoms with Crippen molar-refractivity contribution in [3.8, 4) is 55.6 Å². The average Bonchev–Trinajstić information content (AvgIpc) is 1.54. The molecule has 25 nitrogen and oxygen atoms in total. The zero-order chi connectivity index (χ0) is 79.0. The summed E-state index contributed by atoms with van der Waals surface area (Å²) in [5, 5.41) is 48.0. The van der Waals surface area contributed by atoms with Gasteiger partial charge in [-0.3, -0.25) is 25.3 Å². The van der Waals surface area contributed by atoms with Crippen LogP contribution in [0.2, 0.25) is 5.02 Å².